The predicted molar refractivity (Wildman–Crippen MR) is 63.8 cm³/mol. The van der Waals surface area contributed by atoms with Crippen molar-refractivity contribution in [2.45, 2.75) is 31.1 Å². The molecule has 1 aliphatic heterocycles. The third-order valence-corrected chi connectivity index (χ3v) is 4.29. The van der Waals surface area contributed by atoms with Gasteiger partial charge in [0, 0.05) is 24.0 Å². The average molecular weight is 223 g/mol. The first-order valence-corrected chi connectivity index (χ1v) is 6.37. The van der Waals surface area contributed by atoms with E-state index < -0.39 is 0 Å². The van der Waals surface area contributed by atoms with Gasteiger partial charge in [0.1, 0.15) is 6.33 Å². The number of thioether (sulfide) groups is 1. The fraction of sp³-hybridized carbons (Fsp3) is 0.636. The van der Waals surface area contributed by atoms with Crippen molar-refractivity contribution in [2.24, 2.45) is 0 Å². The molecule has 1 aromatic rings. The van der Waals surface area contributed by atoms with Crippen molar-refractivity contribution in [3.05, 3.63) is 24.3 Å². The van der Waals surface area contributed by atoms with Gasteiger partial charge in [0.2, 0.25) is 0 Å². The quantitative estimate of drug-likeness (QED) is 0.845. The smallest absolute Gasteiger partial charge is 0.115 e. The van der Waals surface area contributed by atoms with E-state index >= 15 is 0 Å². The van der Waals surface area contributed by atoms with Gasteiger partial charge in [-0.15, -0.1) is 0 Å². The Labute approximate surface area is 95.1 Å². The maximum absolute atomic E-state index is 4.19. The van der Waals surface area contributed by atoms with Crippen LogP contribution in [0, 0.1) is 0 Å². The van der Waals surface area contributed by atoms with E-state index in [-0.39, 0.29) is 0 Å². The van der Waals surface area contributed by atoms with Crippen molar-refractivity contribution in [2.75, 3.05) is 12.3 Å². The Kier molecular flexibility index (Phi) is 3.59. The van der Waals surface area contributed by atoms with E-state index in [1.807, 2.05) is 6.07 Å². The minimum absolute atomic E-state index is 0.438. The molecule has 2 heterocycles. The van der Waals surface area contributed by atoms with Crippen molar-refractivity contribution in [3.63, 3.8) is 0 Å². The van der Waals surface area contributed by atoms with Crippen LogP contribution < -0.4 is 5.32 Å². The van der Waals surface area contributed by atoms with Crippen LogP contribution in [-0.4, -0.2) is 27.0 Å². The van der Waals surface area contributed by atoms with Crippen LogP contribution in [0.2, 0.25) is 0 Å². The Morgan fingerprint density at radius 2 is 2.53 bits per heavy atom. The summed E-state index contributed by atoms with van der Waals surface area (Å²) in [7, 11) is 0. The predicted octanol–water partition coefficient (Wildman–Crippen LogP) is 1.85. The monoisotopic (exact) mass is 223 g/mol. The molecule has 1 atom stereocenters. The summed E-state index contributed by atoms with van der Waals surface area (Å²) in [6, 6.07) is 1.96. The van der Waals surface area contributed by atoms with E-state index in [1.54, 1.807) is 12.5 Å². The van der Waals surface area contributed by atoms with Crippen molar-refractivity contribution >= 4 is 11.8 Å². The Morgan fingerprint density at radius 3 is 3.20 bits per heavy atom. The minimum Gasteiger partial charge on any atom is -0.310 e. The summed E-state index contributed by atoms with van der Waals surface area (Å²) in [4.78, 5) is 8.09. The summed E-state index contributed by atoms with van der Waals surface area (Å²) in [6.07, 6.45) is 6.07. The van der Waals surface area contributed by atoms with Crippen LogP contribution in [0.4, 0.5) is 0 Å². The Balaban J connectivity index is 1.75. The zero-order valence-electron chi connectivity index (χ0n) is 9.07. The fourth-order valence-electron chi connectivity index (χ4n) is 1.85. The third-order valence-electron chi connectivity index (χ3n) is 2.75. The standard InChI is InChI=1S/C11H17N3S/c1-11(4-2-6-15-11)8-13-7-10-3-5-12-9-14-10/h3,5,9,13H,2,4,6-8H2,1H3. The SMILES string of the molecule is CC1(CNCc2ccncn2)CCCS1. The third kappa shape index (κ3) is 3.18. The Hall–Kier alpha value is -0.610. The van der Waals surface area contributed by atoms with Gasteiger partial charge >= 0.3 is 0 Å². The summed E-state index contributed by atoms with van der Waals surface area (Å²) in [5, 5.41) is 3.47. The molecule has 4 heteroatoms. The largest absolute Gasteiger partial charge is 0.310 e. The first kappa shape index (κ1) is 10.9. The highest BCUT2D eigenvalue weighted by Crippen LogP contribution is 2.36. The summed E-state index contributed by atoms with van der Waals surface area (Å²) >= 11 is 2.08. The number of rotatable bonds is 4. The molecule has 0 aromatic carbocycles. The Bertz CT molecular complexity index is 296. The van der Waals surface area contributed by atoms with Crippen LogP contribution in [0.15, 0.2) is 18.6 Å². The molecular weight excluding hydrogens is 206 g/mol. The zero-order chi connectivity index (χ0) is 10.6. The average Bonchev–Trinajstić information content (AvgIpc) is 2.67. The topological polar surface area (TPSA) is 37.8 Å². The second kappa shape index (κ2) is 4.94. The lowest BCUT2D eigenvalue weighted by Gasteiger charge is -2.22. The number of hydrogen-bond donors (Lipinski definition) is 1. The summed E-state index contributed by atoms with van der Waals surface area (Å²) < 4.78 is 0.438. The zero-order valence-corrected chi connectivity index (χ0v) is 9.89. The lowest BCUT2D eigenvalue weighted by Crippen LogP contribution is -2.32. The van der Waals surface area contributed by atoms with Gasteiger partial charge in [0.05, 0.1) is 5.69 Å². The Morgan fingerprint density at radius 1 is 1.60 bits per heavy atom. The molecular formula is C11H17N3S. The van der Waals surface area contributed by atoms with Gasteiger partial charge in [-0.1, -0.05) is 0 Å². The molecule has 2 rings (SSSR count). The van der Waals surface area contributed by atoms with Gasteiger partial charge in [-0.3, -0.25) is 0 Å². The maximum atomic E-state index is 4.19. The van der Waals surface area contributed by atoms with Gasteiger partial charge in [-0.05, 0) is 31.6 Å². The molecule has 15 heavy (non-hydrogen) atoms. The highest BCUT2D eigenvalue weighted by Gasteiger charge is 2.28. The molecule has 0 aliphatic carbocycles. The first-order valence-electron chi connectivity index (χ1n) is 5.38. The normalized spacial score (nSPS) is 25.7. The molecule has 0 spiro atoms. The van der Waals surface area contributed by atoms with E-state index in [4.69, 9.17) is 0 Å². The number of hydrogen-bond acceptors (Lipinski definition) is 4. The molecule has 1 aliphatic rings. The fourth-order valence-corrected chi connectivity index (χ4v) is 3.13. The van der Waals surface area contributed by atoms with Gasteiger partial charge in [-0.2, -0.15) is 11.8 Å². The van der Waals surface area contributed by atoms with Gasteiger partial charge in [0.15, 0.2) is 0 Å². The molecule has 1 saturated heterocycles. The lowest BCUT2D eigenvalue weighted by atomic mass is 10.1. The number of aromatic nitrogens is 2. The summed E-state index contributed by atoms with van der Waals surface area (Å²) in [5.74, 6) is 1.31. The molecule has 3 nitrogen and oxygen atoms in total. The van der Waals surface area contributed by atoms with E-state index in [0.29, 0.717) is 4.75 Å². The molecule has 1 fully saturated rings. The maximum Gasteiger partial charge on any atom is 0.115 e. The van der Waals surface area contributed by atoms with Crippen molar-refractivity contribution in [1.82, 2.24) is 15.3 Å². The molecule has 0 saturated carbocycles. The summed E-state index contributed by atoms with van der Waals surface area (Å²) in [6.45, 7) is 4.26. The van der Waals surface area contributed by atoms with E-state index in [9.17, 15) is 0 Å². The van der Waals surface area contributed by atoms with Crippen LogP contribution in [-0.2, 0) is 6.54 Å². The number of nitrogens with zero attached hydrogens (tertiary/aromatic N) is 2. The molecule has 82 valence electrons. The molecule has 1 N–H and O–H groups in total. The first-order chi connectivity index (χ1) is 7.29. The van der Waals surface area contributed by atoms with E-state index in [1.165, 1.54) is 18.6 Å². The highest BCUT2D eigenvalue weighted by molar-refractivity contribution is 8.00. The van der Waals surface area contributed by atoms with Crippen LogP contribution in [0.3, 0.4) is 0 Å². The van der Waals surface area contributed by atoms with Gasteiger partial charge < -0.3 is 5.32 Å². The lowest BCUT2D eigenvalue weighted by molar-refractivity contribution is 0.533. The molecule has 0 amide bonds. The van der Waals surface area contributed by atoms with Crippen LogP contribution in [0.25, 0.3) is 0 Å². The molecule has 1 unspecified atom stereocenters. The van der Waals surface area contributed by atoms with Gasteiger partial charge in [0.25, 0.3) is 0 Å². The minimum atomic E-state index is 0.438. The van der Waals surface area contributed by atoms with Crippen molar-refractivity contribution < 1.29 is 0 Å². The van der Waals surface area contributed by atoms with Crippen molar-refractivity contribution in [1.29, 1.82) is 0 Å². The molecule has 1 aromatic heterocycles. The van der Waals surface area contributed by atoms with E-state index in [2.05, 4.69) is 34.0 Å². The highest BCUT2D eigenvalue weighted by atomic mass is 32.2. The second-order valence-electron chi connectivity index (χ2n) is 4.21. The molecule has 0 bridgehead atoms. The van der Waals surface area contributed by atoms with Crippen molar-refractivity contribution in [3.8, 4) is 0 Å². The second-order valence-corrected chi connectivity index (χ2v) is 5.89. The summed E-state index contributed by atoms with van der Waals surface area (Å²) in [5.41, 5.74) is 1.07. The van der Waals surface area contributed by atoms with Crippen LogP contribution in [0.1, 0.15) is 25.5 Å². The number of nitrogens with one attached hydrogen (secondary N) is 1. The van der Waals surface area contributed by atoms with Crippen LogP contribution in [0.5, 0.6) is 0 Å². The van der Waals surface area contributed by atoms with Crippen LogP contribution >= 0.6 is 11.8 Å². The van der Waals surface area contributed by atoms with Gasteiger partial charge in [-0.25, -0.2) is 9.97 Å². The molecule has 0 radical (unpaired) electrons. The van der Waals surface area contributed by atoms with E-state index in [0.717, 1.165) is 18.8 Å².